The van der Waals surface area contributed by atoms with Crippen LogP contribution in [0.15, 0.2) is 109 Å². The Kier molecular flexibility index (Phi) is 4.06. The Morgan fingerprint density at radius 3 is 2.03 bits per heavy atom. The van der Waals surface area contributed by atoms with Gasteiger partial charge < -0.3 is 0 Å². The van der Waals surface area contributed by atoms with Gasteiger partial charge in [0, 0.05) is 5.41 Å². The van der Waals surface area contributed by atoms with Crippen LogP contribution in [-0.4, -0.2) is 0 Å². The fraction of sp³-hybridized carbons (Fsp3) is 0.128. The van der Waals surface area contributed by atoms with Gasteiger partial charge in [-0.2, -0.15) is 0 Å². The van der Waals surface area contributed by atoms with Crippen molar-refractivity contribution in [3.05, 3.63) is 137 Å². The summed E-state index contributed by atoms with van der Waals surface area (Å²) in [5.41, 5.74) is 10.1. The zero-order valence-corrected chi connectivity index (χ0v) is 22.3. The topological polar surface area (TPSA) is 0 Å². The van der Waals surface area contributed by atoms with Gasteiger partial charge in [0.05, 0.1) is 0 Å². The number of aryl methyl sites for hydroxylation is 1. The largest absolute Gasteiger partial charge is 0.0616 e. The predicted molar refractivity (Wildman–Crippen MR) is 167 cm³/mol. The van der Waals surface area contributed by atoms with Gasteiger partial charge in [0.1, 0.15) is 0 Å². The third kappa shape index (κ3) is 2.69. The number of hydrogen-bond donors (Lipinski definition) is 0. The predicted octanol–water partition coefficient (Wildman–Crippen LogP) is 9.47. The van der Waals surface area contributed by atoms with E-state index in [1.54, 1.807) is 0 Å². The molecule has 0 aliphatic heterocycles. The van der Waals surface area contributed by atoms with E-state index in [0.29, 0.717) is 0 Å². The summed E-state index contributed by atoms with van der Waals surface area (Å²) in [6, 6.07) is 41.4. The molecule has 0 atom stereocenters. The van der Waals surface area contributed by atoms with E-state index < -0.39 is 0 Å². The van der Waals surface area contributed by atoms with Gasteiger partial charge in [0.2, 0.25) is 0 Å². The van der Waals surface area contributed by atoms with Gasteiger partial charge in [0.15, 0.2) is 0 Å². The molecule has 39 heavy (non-hydrogen) atoms. The minimum absolute atomic E-state index is 0.0620. The fourth-order valence-corrected chi connectivity index (χ4v) is 7.88. The molecule has 0 saturated heterocycles. The molecule has 184 valence electrons. The molecule has 2 aliphatic carbocycles. The van der Waals surface area contributed by atoms with Gasteiger partial charge in [-0.15, -0.1) is 0 Å². The minimum Gasteiger partial charge on any atom is -0.0616 e. The van der Waals surface area contributed by atoms with E-state index in [9.17, 15) is 0 Å². The summed E-state index contributed by atoms with van der Waals surface area (Å²) in [6.07, 6.45) is 2.16. The average Bonchev–Trinajstić information content (AvgIpc) is 3.22. The normalized spacial score (nSPS) is 15.4. The number of benzene rings is 7. The van der Waals surface area contributed by atoms with Crippen molar-refractivity contribution in [2.45, 2.75) is 32.1 Å². The van der Waals surface area contributed by atoms with Crippen LogP contribution < -0.4 is 5.22 Å². The van der Waals surface area contributed by atoms with E-state index in [1.165, 1.54) is 87.3 Å². The van der Waals surface area contributed by atoms with Crippen LogP contribution in [0.5, 0.6) is 0 Å². The Balaban J connectivity index is 1.45. The molecule has 0 fully saturated rings. The first kappa shape index (κ1) is 21.5. The zero-order valence-electron chi connectivity index (χ0n) is 22.3. The first-order valence-corrected chi connectivity index (χ1v) is 14.2. The van der Waals surface area contributed by atoms with E-state index in [2.05, 4.69) is 123 Å². The van der Waals surface area contributed by atoms with Crippen LogP contribution in [0, 0.1) is 0 Å². The molecule has 0 spiro atoms. The molecule has 7 aromatic rings. The molecular weight excluding hydrogens is 468 g/mol. The monoisotopic (exact) mass is 496 g/mol. The third-order valence-electron chi connectivity index (χ3n) is 9.73. The summed E-state index contributed by atoms with van der Waals surface area (Å²) < 4.78 is 0. The SMILES string of the molecule is CC1(C)c2ccc3ccccc3c2-c2c1cc(C1=c3ccc4cccc5ccc(c3c54)CC1)c1ccccc21. The minimum atomic E-state index is -0.0620. The summed E-state index contributed by atoms with van der Waals surface area (Å²) in [5, 5.41) is 12.4. The molecule has 2 aliphatic rings. The van der Waals surface area contributed by atoms with Gasteiger partial charge in [-0.05, 0) is 106 Å². The summed E-state index contributed by atoms with van der Waals surface area (Å²) in [7, 11) is 0. The first-order valence-electron chi connectivity index (χ1n) is 14.2. The van der Waals surface area contributed by atoms with Crippen LogP contribution in [0.4, 0.5) is 0 Å². The highest BCUT2D eigenvalue weighted by Gasteiger charge is 2.38. The van der Waals surface area contributed by atoms with Crippen LogP contribution in [0.25, 0.3) is 59.8 Å². The van der Waals surface area contributed by atoms with Crippen molar-refractivity contribution in [2.75, 3.05) is 0 Å². The molecule has 0 heteroatoms. The number of fused-ring (bicyclic) bond motifs is 7. The lowest BCUT2D eigenvalue weighted by atomic mass is 9.78. The van der Waals surface area contributed by atoms with Gasteiger partial charge in [-0.3, -0.25) is 0 Å². The molecule has 0 bridgehead atoms. The van der Waals surface area contributed by atoms with Crippen LogP contribution in [0.3, 0.4) is 0 Å². The molecule has 0 heterocycles. The highest BCUT2D eigenvalue weighted by Crippen LogP contribution is 2.54. The van der Waals surface area contributed by atoms with Crippen molar-refractivity contribution in [3.8, 4) is 11.1 Å². The van der Waals surface area contributed by atoms with Crippen molar-refractivity contribution in [1.82, 2.24) is 0 Å². The van der Waals surface area contributed by atoms with Crippen molar-refractivity contribution < 1.29 is 0 Å². The van der Waals surface area contributed by atoms with Gasteiger partial charge in [0.25, 0.3) is 0 Å². The summed E-state index contributed by atoms with van der Waals surface area (Å²) in [5.74, 6) is 0. The molecule has 7 aromatic carbocycles. The maximum Gasteiger partial charge on any atom is 0.0159 e. The summed E-state index contributed by atoms with van der Waals surface area (Å²) in [6.45, 7) is 4.83. The lowest BCUT2D eigenvalue weighted by molar-refractivity contribution is 0.661. The molecule has 0 N–H and O–H groups in total. The smallest absolute Gasteiger partial charge is 0.0159 e. The van der Waals surface area contributed by atoms with Crippen molar-refractivity contribution in [1.29, 1.82) is 0 Å². The lowest BCUT2D eigenvalue weighted by Gasteiger charge is -2.25. The first-order chi connectivity index (χ1) is 19.1. The maximum absolute atomic E-state index is 2.56. The van der Waals surface area contributed by atoms with E-state index in [-0.39, 0.29) is 5.41 Å². The Labute approximate surface area is 228 Å². The van der Waals surface area contributed by atoms with E-state index in [4.69, 9.17) is 0 Å². The number of hydrogen-bond acceptors (Lipinski definition) is 0. The molecule has 9 rings (SSSR count). The number of rotatable bonds is 1. The maximum atomic E-state index is 2.56. The quantitative estimate of drug-likeness (QED) is 0.212. The van der Waals surface area contributed by atoms with Gasteiger partial charge in [-0.25, -0.2) is 0 Å². The summed E-state index contributed by atoms with van der Waals surface area (Å²) >= 11 is 0. The average molecular weight is 497 g/mol. The van der Waals surface area contributed by atoms with Crippen LogP contribution >= 0.6 is 0 Å². The lowest BCUT2D eigenvalue weighted by Crippen LogP contribution is -2.18. The molecule has 0 aromatic heterocycles. The molecule has 0 nitrogen and oxygen atoms in total. The van der Waals surface area contributed by atoms with Crippen LogP contribution in [0.2, 0.25) is 0 Å². The second kappa shape index (κ2) is 7.36. The standard InChI is InChI=1S/C39H28/c1-39(2)33-21-18-23-8-3-4-11-27(23)37(33)38-30-13-6-5-12-28(30)32(22-34(38)39)29-19-16-26-15-14-24-9-7-10-25-17-20-31(29)36(26)35(24)25/h3-15,17-18,20-22H,16,19H2,1-2H3. The van der Waals surface area contributed by atoms with E-state index in [0.717, 1.165) is 12.8 Å². The van der Waals surface area contributed by atoms with Crippen molar-refractivity contribution in [3.63, 3.8) is 0 Å². The Hall–Kier alpha value is -4.42. The molecule has 0 saturated carbocycles. The molecule has 0 amide bonds. The second-order valence-corrected chi connectivity index (χ2v) is 12.0. The summed E-state index contributed by atoms with van der Waals surface area (Å²) in [4.78, 5) is 0. The van der Waals surface area contributed by atoms with Gasteiger partial charge >= 0.3 is 0 Å². The van der Waals surface area contributed by atoms with Gasteiger partial charge in [-0.1, -0.05) is 117 Å². The van der Waals surface area contributed by atoms with Crippen LogP contribution in [-0.2, 0) is 11.8 Å². The van der Waals surface area contributed by atoms with Crippen LogP contribution in [0.1, 0.15) is 42.5 Å². The molecule has 0 unspecified atom stereocenters. The Morgan fingerprint density at radius 2 is 1.18 bits per heavy atom. The Bertz CT molecular complexity index is 2230. The zero-order chi connectivity index (χ0) is 25.9. The van der Waals surface area contributed by atoms with Crippen molar-refractivity contribution >= 4 is 48.7 Å². The highest BCUT2D eigenvalue weighted by atomic mass is 14.4. The van der Waals surface area contributed by atoms with Crippen molar-refractivity contribution in [2.24, 2.45) is 0 Å². The van der Waals surface area contributed by atoms with E-state index >= 15 is 0 Å². The Morgan fingerprint density at radius 1 is 0.513 bits per heavy atom. The van der Waals surface area contributed by atoms with E-state index in [1.807, 2.05) is 0 Å². The highest BCUT2D eigenvalue weighted by molar-refractivity contribution is 6.15. The molecule has 0 radical (unpaired) electrons. The fourth-order valence-electron chi connectivity index (χ4n) is 7.88. The molecular formula is C39H28. The second-order valence-electron chi connectivity index (χ2n) is 12.0. The third-order valence-corrected chi connectivity index (χ3v) is 9.73.